The molecule has 1 aliphatic heterocycles. The number of thiazole rings is 1. The standard InChI is InChI=1S/C24H31N5OS/c1-2-29-20-12-11-17(25-16-22-26-19-9-5-6-10-21(19)31-22)15-18(20)23(27-29)24(30)28-13-7-3-4-8-14-28/h5-6,9-10,17,25H,2-4,7-8,11-16H2,1H3. The number of nitrogens with one attached hydrogen (secondary N) is 1. The number of aryl methyl sites for hydroxylation is 1. The van der Waals surface area contributed by atoms with E-state index >= 15 is 0 Å². The molecule has 0 radical (unpaired) electrons. The van der Waals surface area contributed by atoms with Crippen molar-refractivity contribution in [3.8, 4) is 0 Å². The summed E-state index contributed by atoms with van der Waals surface area (Å²) in [5.74, 6) is 0.136. The molecule has 2 aromatic heterocycles. The van der Waals surface area contributed by atoms with Crippen molar-refractivity contribution in [2.45, 2.75) is 71.0 Å². The molecule has 0 spiro atoms. The largest absolute Gasteiger partial charge is 0.337 e. The van der Waals surface area contributed by atoms with Gasteiger partial charge in [-0.2, -0.15) is 5.10 Å². The molecule has 1 aromatic carbocycles. The Balaban J connectivity index is 1.32. The molecule has 3 heterocycles. The van der Waals surface area contributed by atoms with Crippen LogP contribution in [0.4, 0.5) is 0 Å². The Kier molecular flexibility index (Phi) is 6.05. The number of carbonyl (C=O) groups is 1. The molecule has 6 nitrogen and oxygen atoms in total. The summed E-state index contributed by atoms with van der Waals surface area (Å²) in [7, 11) is 0. The molecule has 1 fully saturated rings. The summed E-state index contributed by atoms with van der Waals surface area (Å²) >= 11 is 1.76. The Labute approximate surface area is 187 Å². The number of fused-ring (bicyclic) bond motifs is 2. The zero-order valence-electron chi connectivity index (χ0n) is 18.3. The highest BCUT2D eigenvalue weighted by molar-refractivity contribution is 7.18. The van der Waals surface area contributed by atoms with Gasteiger partial charge in [-0.3, -0.25) is 9.48 Å². The Morgan fingerprint density at radius 1 is 1.19 bits per heavy atom. The highest BCUT2D eigenvalue weighted by Gasteiger charge is 2.31. The van der Waals surface area contributed by atoms with Crippen LogP contribution in [0, 0.1) is 0 Å². The van der Waals surface area contributed by atoms with Crippen molar-refractivity contribution in [2.75, 3.05) is 13.1 Å². The first-order chi connectivity index (χ1) is 15.2. The quantitative estimate of drug-likeness (QED) is 0.651. The first kappa shape index (κ1) is 20.6. The number of likely N-dealkylation sites (tertiary alicyclic amines) is 1. The molecule has 1 amide bonds. The van der Waals surface area contributed by atoms with E-state index in [-0.39, 0.29) is 5.91 Å². The molecule has 1 saturated heterocycles. The predicted octanol–water partition coefficient (Wildman–Crippen LogP) is 4.18. The Morgan fingerprint density at radius 2 is 2.00 bits per heavy atom. The Hall–Kier alpha value is -2.25. The lowest BCUT2D eigenvalue weighted by atomic mass is 9.91. The molecule has 3 aromatic rings. The molecule has 0 bridgehead atoms. The van der Waals surface area contributed by atoms with Gasteiger partial charge in [-0.15, -0.1) is 11.3 Å². The number of carbonyl (C=O) groups excluding carboxylic acids is 1. The number of hydrogen-bond donors (Lipinski definition) is 1. The highest BCUT2D eigenvalue weighted by atomic mass is 32.1. The first-order valence-corrected chi connectivity index (χ1v) is 12.5. The summed E-state index contributed by atoms with van der Waals surface area (Å²) in [4.78, 5) is 20.1. The summed E-state index contributed by atoms with van der Waals surface area (Å²) in [5.41, 5.74) is 4.21. The van der Waals surface area contributed by atoms with Gasteiger partial charge < -0.3 is 10.2 Å². The fourth-order valence-electron chi connectivity index (χ4n) is 4.95. The van der Waals surface area contributed by atoms with Crippen LogP contribution in [-0.4, -0.2) is 44.7 Å². The molecule has 164 valence electrons. The van der Waals surface area contributed by atoms with Gasteiger partial charge in [-0.05, 0) is 51.2 Å². The zero-order chi connectivity index (χ0) is 21.2. The Morgan fingerprint density at radius 3 is 2.77 bits per heavy atom. The first-order valence-electron chi connectivity index (χ1n) is 11.7. The van der Waals surface area contributed by atoms with Crippen molar-refractivity contribution in [3.05, 3.63) is 46.2 Å². The van der Waals surface area contributed by atoms with Gasteiger partial charge in [0.15, 0.2) is 5.69 Å². The molecule has 2 aliphatic rings. The number of para-hydroxylation sites is 1. The number of hydrogen-bond acceptors (Lipinski definition) is 5. The summed E-state index contributed by atoms with van der Waals surface area (Å²) in [6.07, 6.45) is 7.58. The lowest BCUT2D eigenvalue weighted by molar-refractivity contribution is 0.0753. The second-order valence-electron chi connectivity index (χ2n) is 8.69. The van der Waals surface area contributed by atoms with Crippen LogP contribution in [0.5, 0.6) is 0 Å². The normalized spacial score (nSPS) is 19.4. The van der Waals surface area contributed by atoms with Crippen LogP contribution in [0.2, 0.25) is 0 Å². The number of aromatic nitrogens is 3. The maximum absolute atomic E-state index is 13.4. The van der Waals surface area contributed by atoms with Crippen LogP contribution in [0.3, 0.4) is 0 Å². The van der Waals surface area contributed by atoms with E-state index in [4.69, 9.17) is 10.1 Å². The average molecular weight is 438 g/mol. The van der Waals surface area contributed by atoms with Crippen LogP contribution >= 0.6 is 11.3 Å². The third-order valence-corrected chi connectivity index (χ3v) is 7.66. The summed E-state index contributed by atoms with van der Waals surface area (Å²) < 4.78 is 3.30. The van der Waals surface area contributed by atoms with Gasteiger partial charge in [0, 0.05) is 43.5 Å². The van der Waals surface area contributed by atoms with E-state index < -0.39 is 0 Å². The number of amides is 1. The van der Waals surface area contributed by atoms with Gasteiger partial charge in [0.05, 0.1) is 10.2 Å². The van der Waals surface area contributed by atoms with E-state index in [9.17, 15) is 4.79 Å². The van der Waals surface area contributed by atoms with Gasteiger partial charge in [0.25, 0.3) is 5.91 Å². The smallest absolute Gasteiger partial charge is 0.274 e. The minimum atomic E-state index is 0.136. The SMILES string of the molecule is CCn1nc(C(=O)N2CCCCCC2)c2c1CCC(NCc1nc3ccccc3s1)C2. The number of nitrogens with zero attached hydrogens (tertiary/aromatic N) is 4. The number of rotatable bonds is 5. The molecular weight excluding hydrogens is 406 g/mol. The maximum Gasteiger partial charge on any atom is 0.274 e. The molecule has 1 atom stereocenters. The van der Waals surface area contributed by atoms with Gasteiger partial charge in [-0.25, -0.2) is 4.98 Å². The lowest BCUT2D eigenvalue weighted by Crippen LogP contribution is -2.36. The van der Waals surface area contributed by atoms with Crippen molar-refractivity contribution < 1.29 is 4.79 Å². The van der Waals surface area contributed by atoms with Gasteiger partial charge in [0.2, 0.25) is 0 Å². The molecule has 0 saturated carbocycles. The third-order valence-electron chi connectivity index (χ3n) is 6.62. The third kappa shape index (κ3) is 4.26. The Bertz CT molecular complexity index is 1030. The average Bonchev–Trinajstić information content (AvgIpc) is 3.27. The minimum absolute atomic E-state index is 0.136. The molecule has 1 aliphatic carbocycles. The second kappa shape index (κ2) is 9.09. The van der Waals surface area contributed by atoms with E-state index in [1.165, 1.54) is 28.8 Å². The molecule has 1 N–H and O–H groups in total. The van der Waals surface area contributed by atoms with Crippen LogP contribution < -0.4 is 5.32 Å². The van der Waals surface area contributed by atoms with Crippen LogP contribution in [-0.2, 0) is 25.9 Å². The molecule has 7 heteroatoms. The minimum Gasteiger partial charge on any atom is -0.337 e. The van der Waals surface area contributed by atoms with Crippen LogP contribution in [0.1, 0.15) is 65.8 Å². The molecule has 31 heavy (non-hydrogen) atoms. The van der Waals surface area contributed by atoms with Crippen molar-refractivity contribution in [1.29, 1.82) is 0 Å². The number of benzene rings is 1. The zero-order valence-corrected chi connectivity index (χ0v) is 19.1. The predicted molar refractivity (Wildman–Crippen MR) is 125 cm³/mol. The van der Waals surface area contributed by atoms with Crippen molar-refractivity contribution in [2.24, 2.45) is 0 Å². The summed E-state index contributed by atoms with van der Waals surface area (Å²) in [6, 6.07) is 8.65. The molecular formula is C24H31N5OS. The van der Waals surface area contributed by atoms with Crippen LogP contribution in [0.15, 0.2) is 24.3 Å². The van der Waals surface area contributed by atoms with Crippen molar-refractivity contribution >= 4 is 27.5 Å². The van der Waals surface area contributed by atoms with Gasteiger partial charge in [-0.1, -0.05) is 25.0 Å². The maximum atomic E-state index is 13.4. The van der Waals surface area contributed by atoms with Crippen LogP contribution in [0.25, 0.3) is 10.2 Å². The second-order valence-corrected chi connectivity index (χ2v) is 9.81. The summed E-state index contributed by atoms with van der Waals surface area (Å²) in [5, 5.41) is 9.62. The van der Waals surface area contributed by atoms with E-state index in [1.807, 2.05) is 11.0 Å². The van der Waals surface area contributed by atoms with Crippen molar-refractivity contribution in [1.82, 2.24) is 25.0 Å². The topological polar surface area (TPSA) is 63.1 Å². The van der Waals surface area contributed by atoms with E-state index in [2.05, 4.69) is 35.1 Å². The fourth-order valence-corrected chi connectivity index (χ4v) is 5.86. The monoisotopic (exact) mass is 437 g/mol. The molecule has 5 rings (SSSR count). The van der Waals surface area contributed by atoms with E-state index in [0.717, 1.165) is 68.8 Å². The van der Waals surface area contributed by atoms with Gasteiger partial charge >= 0.3 is 0 Å². The van der Waals surface area contributed by atoms with Gasteiger partial charge in [0.1, 0.15) is 5.01 Å². The van der Waals surface area contributed by atoms with Crippen molar-refractivity contribution in [3.63, 3.8) is 0 Å². The lowest BCUT2D eigenvalue weighted by Gasteiger charge is -2.25. The van der Waals surface area contributed by atoms with E-state index in [1.54, 1.807) is 11.3 Å². The summed E-state index contributed by atoms with van der Waals surface area (Å²) in [6.45, 7) is 5.44. The highest BCUT2D eigenvalue weighted by Crippen LogP contribution is 2.27. The fraction of sp³-hybridized carbons (Fsp3) is 0.542. The van der Waals surface area contributed by atoms with E-state index in [0.29, 0.717) is 11.7 Å². The molecule has 1 unspecified atom stereocenters.